The predicted molar refractivity (Wildman–Crippen MR) is 294 cm³/mol. The lowest BCUT2D eigenvalue weighted by atomic mass is 9.93. The quantitative estimate of drug-likeness (QED) is 0.0920. The zero-order valence-corrected chi connectivity index (χ0v) is 45.9. The molecule has 6 aromatic heterocycles. The third kappa shape index (κ3) is 11.6. The van der Waals surface area contributed by atoms with E-state index in [-0.39, 0.29) is 29.1 Å². The zero-order chi connectivity index (χ0) is 52.5. The molecule has 384 valence electrons. The SMILES string of the molecule is CCN(Cc1cc2c(OC)c3ncccc3c(OC)c2s1)C(=O)CC(C)C.CCN(Cc1cc2c(s1)C(=O)c1cccnc1C2=O)C(=O)CC(C)C.CCNCc1cc2c(OC)c3ncccc3c(OC)c2s1. The molecule has 73 heavy (non-hydrogen) atoms. The molecule has 1 aliphatic rings. The molecule has 0 fully saturated rings. The van der Waals surface area contributed by atoms with Crippen LogP contribution >= 0.6 is 34.0 Å². The molecule has 14 nitrogen and oxygen atoms in total. The molecule has 0 saturated carbocycles. The van der Waals surface area contributed by atoms with Crippen LogP contribution in [0.2, 0.25) is 0 Å². The van der Waals surface area contributed by atoms with Crippen LogP contribution in [0.4, 0.5) is 0 Å². The van der Waals surface area contributed by atoms with Crippen molar-refractivity contribution in [1.82, 2.24) is 30.1 Å². The van der Waals surface area contributed by atoms with Gasteiger partial charge in [0.1, 0.15) is 28.2 Å². The number of aromatic nitrogens is 3. The van der Waals surface area contributed by atoms with Crippen LogP contribution in [-0.2, 0) is 29.2 Å². The molecule has 9 rings (SSSR count). The smallest absolute Gasteiger partial charge is 0.223 e. The minimum atomic E-state index is -0.218. The first-order valence-corrected chi connectivity index (χ1v) is 26.9. The van der Waals surface area contributed by atoms with Crippen molar-refractivity contribution in [3.63, 3.8) is 0 Å². The Labute approximate surface area is 438 Å². The number of carbonyl (C=O) groups excluding carboxylic acids is 4. The molecule has 0 spiro atoms. The largest absolute Gasteiger partial charge is 0.495 e. The molecule has 6 heterocycles. The van der Waals surface area contributed by atoms with Crippen LogP contribution in [0.5, 0.6) is 23.0 Å². The Morgan fingerprint density at radius 2 is 1.04 bits per heavy atom. The van der Waals surface area contributed by atoms with Gasteiger partial charge < -0.3 is 34.1 Å². The highest BCUT2D eigenvalue weighted by Crippen LogP contribution is 2.47. The van der Waals surface area contributed by atoms with Crippen molar-refractivity contribution in [3.8, 4) is 23.0 Å². The molecule has 0 atom stereocenters. The van der Waals surface area contributed by atoms with Gasteiger partial charge in [0.05, 0.1) is 61.4 Å². The molecule has 2 aromatic carbocycles. The van der Waals surface area contributed by atoms with Gasteiger partial charge in [0.25, 0.3) is 0 Å². The lowest BCUT2D eigenvalue weighted by molar-refractivity contribution is -0.133. The Morgan fingerprint density at radius 3 is 1.52 bits per heavy atom. The fourth-order valence-electron chi connectivity index (χ4n) is 8.79. The monoisotopic (exact) mass is 1040 g/mol. The van der Waals surface area contributed by atoms with Gasteiger partial charge in [-0.05, 0) is 86.8 Å². The highest BCUT2D eigenvalue weighted by molar-refractivity contribution is 7.20. The molecular weight excluding hydrogens is 981 g/mol. The van der Waals surface area contributed by atoms with Crippen LogP contribution in [0.3, 0.4) is 0 Å². The molecule has 0 aliphatic heterocycles. The Balaban J connectivity index is 0.000000161. The summed E-state index contributed by atoms with van der Waals surface area (Å²) in [4.78, 5) is 70.5. The van der Waals surface area contributed by atoms with Crippen molar-refractivity contribution < 1.29 is 38.1 Å². The van der Waals surface area contributed by atoms with E-state index in [1.807, 2.05) is 56.9 Å². The van der Waals surface area contributed by atoms with Crippen molar-refractivity contribution in [2.75, 3.05) is 48.1 Å². The van der Waals surface area contributed by atoms with E-state index in [9.17, 15) is 19.2 Å². The summed E-state index contributed by atoms with van der Waals surface area (Å²) < 4.78 is 24.8. The fourth-order valence-corrected chi connectivity index (χ4v) is 12.3. The second kappa shape index (κ2) is 24.5. The third-order valence-corrected chi connectivity index (χ3v) is 15.6. The average molecular weight is 1050 g/mol. The number of rotatable bonds is 17. The van der Waals surface area contributed by atoms with Crippen LogP contribution in [0.25, 0.3) is 42.0 Å². The molecule has 1 aliphatic carbocycles. The van der Waals surface area contributed by atoms with E-state index in [1.54, 1.807) is 86.6 Å². The van der Waals surface area contributed by atoms with E-state index in [0.29, 0.717) is 66.9 Å². The lowest BCUT2D eigenvalue weighted by Crippen LogP contribution is -2.30. The number of thiophene rings is 3. The molecule has 0 unspecified atom stereocenters. The van der Waals surface area contributed by atoms with Crippen LogP contribution in [0.15, 0.2) is 73.2 Å². The fraction of sp³-hybridized carbons (Fsp3) is 0.375. The molecule has 0 bridgehead atoms. The zero-order valence-electron chi connectivity index (χ0n) is 43.5. The summed E-state index contributed by atoms with van der Waals surface area (Å²) in [7, 11) is 6.74. The average Bonchev–Trinajstić information content (AvgIpc) is 4.14. The summed E-state index contributed by atoms with van der Waals surface area (Å²) in [6.45, 7) is 18.3. The summed E-state index contributed by atoms with van der Waals surface area (Å²) >= 11 is 4.68. The van der Waals surface area contributed by atoms with Gasteiger partial charge in [0.15, 0.2) is 11.5 Å². The van der Waals surface area contributed by atoms with Gasteiger partial charge in [-0.2, -0.15) is 0 Å². The van der Waals surface area contributed by atoms with E-state index in [4.69, 9.17) is 18.9 Å². The first-order valence-electron chi connectivity index (χ1n) is 24.5. The number of carbonyl (C=O) groups is 4. The number of pyridine rings is 3. The molecule has 2 amide bonds. The maximum Gasteiger partial charge on any atom is 0.223 e. The number of fused-ring (bicyclic) bond motifs is 6. The van der Waals surface area contributed by atoms with Crippen molar-refractivity contribution in [2.24, 2.45) is 11.8 Å². The van der Waals surface area contributed by atoms with E-state index >= 15 is 0 Å². The van der Waals surface area contributed by atoms with Crippen molar-refractivity contribution in [1.29, 1.82) is 0 Å². The second-order valence-electron chi connectivity index (χ2n) is 18.1. The van der Waals surface area contributed by atoms with E-state index in [1.165, 1.54) is 22.4 Å². The first kappa shape index (κ1) is 54.2. The van der Waals surface area contributed by atoms with Gasteiger partial charge >= 0.3 is 0 Å². The van der Waals surface area contributed by atoms with Crippen LogP contribution < -0.4 is 24.3 Å². The normalized spacial score (nSPS) is 11.8. The summed E-state index contributed by atoms with van der Waals surface area (Å²) in [6.07, 6.45) is 6.12. The Kier molecular flexibility index (Phi) is 18.2. The summed E-state index contributed by atoms with van der Waals surface area (Å²) in [6, 6.07) is 17.1. The van der Waals surface area contributed by atoms with Crippen LogP contribution in [0, 0.1) is 11.8 Å². The first-order chi connectivity index (χ1) is 35.2. The van der Waals surface area contributed by atoms with Crippen molar-refractivity contribution in [2.45, 2.75) is 80.9 Å². The number of nitrogens with one attached hydrogen (secondary N) is 1. The highest BCUT2D eigenvalue weighted by Gasteiger charge is 2.33. The standard InChI is InChI=1S/C21H26N2O3S.C19H20N2O3S.C16H18N2O2S/c1-6-23(17(24)10-13(2)3)12-14-11-16-19(25-4)18-15(8-7-9-22-18)20(26-5)21(16)27-14;1-4-21(15(22)8-11(2)3)10-12-9-14-17(23)16-13(6-5-7-20-16)18(24)19(14)25-12;1-4-17-9-10-8-12-14(19-2)13-11(6-5-7-18-13)15(20-3)16(12)21-10/h7-9,11,13H,6,10,12H2,1-5H3;5-7,9,11H,4,8,10H2,1-3H3;5-8,17H,4,9H2,1-3H3. The number of methoxy groups -OCH3 is 4. The Morgan fingerprint density at radius 1 is 0.575 bits per heavy atom. The number of nitrogens with zero attached hydrogens (tertiary/aromatic N) is 5. The van der Waals surface area contributed by atoms with Gasteiger partial charge in [-0.1, -0.05) is 34.6 Å². The van der Waals surface area contributed by atoms with E-state index < -0.39 is 0 Å². The maximum atomic E-state index is 12.6. The summed E-state index contributed by atoms with van der Waals surface area (Å²) in [5.74, 6) is 3.80. The van der Waals surface area contributed by atoms with E-state index in [2.05, 4.69) is 53.2 Å². The molecule has 8 aromatic rings. The van der Waals surface area contributed by atoms with Gasteiger partial charge in [-0.3, -0.25) is 34.1 Å². The third-order valence-electron chi connectivity index (χ3n) is 12.2. The Bertz CT molecular complexity index is 3110. The molecular formula is C56H64N6O8S3. The second-order valence-corrected chi connectivity index (χ2v) is 21.6. The number of benzene rings is 2. The topological polar surface area (TPSA) is 162 Å². The lowest BCUT2D eigenvalue weighted by Gasteiger charge is -2.21. The Hall–Kier alpha value is -6.53. The van der Waals surface area contributed by atoms with Gasteiger partial charge in [0.2, 0.25) is 23.4 Å². The number of hydrogen-bond donors (Lipinski definition) is 1. The minimum absolute atomic E-state index is 0.0893. The van der Waals surface area contributed by atoms with Gasteiger partial charge in [-0.15, -0.1) is 34.0 Å². The minimum Gasteiger partial charge on any atom is -0.495 e. The summed E-state index contributed by atoms with van der Waals surface area (Å²) in [5.41, 5.74) is 2.61. The number of amides is 2. The predicted octanol–water partition coefficient (Wildman–Crippen LogP) is 11.8. The number of ketones is 2. The molecule has 0 saturated heterocycles. The van der Waals surface area contributed by atoms with Crippen LogP contribution in [0.1, 0.15) is 107 Å². The number of ether oxygens (including phenoxy) is 4. The highest BCUT2D eigenvalue weighted by atomic mass is 32.1. The summed E-state index contributed by atoms with van der Waals surface area (Å²) in [5, 5.41) is 7.32. The van der Waals surface area contributed by atoms with Crippen molar-refractivity contribution >= 4 is 99.4 Å². The van der Waals surface area contributed by atoms with Crippen molar-refractivity contribution in [3.05, 3.63) is 110 Å². The van der Waals surface area contributed by atoms with E-state index in [0.717, 1.165) is 87.8 Å². The molecule has 0 radical (unpaired) electrons. The molecule has 1 N–H and O–H groups in total. The van der Waals surface area contributed by atoms with Crippen LogP contribution in [-0.4, -0.2) is 96.2 Å². The van der Waals surface area contributed by atoms with Gasteiger partial charge in [0, 0.05) is 92.8 Å². The van der Waals surface area contributed by atoms with Gasteiger partial charge in [-0.25, -0.2) is 0 Å². The number of hydrogen-bond acceptors (Lipinski definition) is 15. The molecule has 17 heteroatoms. The maximum absolute atomic E-state index is 12.6.